The SMILES string of the molecule is CC(=O)N(C)c1nc(C(F)(F)F)n2c1CN(C(=O)C[C@H](N)Cc1cc(F)c(F)cc1F)CC2. The van der Waals surface area contributed by atoms with E-state index >= 15 is 0 Å². The molecule has 2 amide bonds. The van der Waals surface area contributed by atoms with E-state index in [1.165, 1.54) is 18.9 Å². The largest absolute Gasteiger partial charge is 0.449 e. The number of hydrogen-bond acceptors (Lipinski definition) is 4. The van der Waals surface area contributed by atoms with E-state index in [2.05, 4.69) is 4.98 Å². The van der Waals surface area contributed by atoms with E-state index in [1.54, 1.807) is 0 Å². The summed E-state index contributed by atoms with van der Waals surface area (Å²) in [5.41, 5.74) is 5.73. The minimum atomic E-state index is -4.76. The average molecular weight is 477 g/mol. The lowest BCUT2D eigenvalue weighted by atomic mass is 10.0. The summed E-state index contributed by atoms with van der Waals surface area (Å²) in [5, 5.41) is 0. The maximum absolute atomic E-state index is 13.8. The molecule has 0 aliphatic carbocycles. The molecule has 0 radical (unpaired) electrons. The van der Waals surface area contributed by atoms with Crippen molar-refractivity contribution in [3.8, 4) is 0 Å². The van der Waals surface area contributed by atoms with Crippen LogP contribution in [0.2, 0.25) is 0 Å². The number of amides is 2. The van der Waals surface area contributed by atoms with E-state index in [9.17, 15) is 35.9 Å². The minimum absolute atomic E-state index is 0.0415. The average Bonchev–Trinajstić information content (AvgIpc) is 3.10. The number of benzene rings is 1. The van der Waals surface area contributed by atoms with Crippen molar-refractivity contribution in [1.82, 2.24) is 14.5 Å². The van der Waals surface area contributed by atoms with Crippen molar-refractivity contribution in [3.63, 3.8) is 0 Å². The fourth-order valence-corrected chi connectivity index (χ4v) is 3.63. The molecule has 0 unspecified atom stereocenters. The zero-order valence-corrected chi connectivity index (χ0v) is 17.7. The van der Waals surface area contributed by atoms with Crippen LogP contribution < -0.4 is 10.6 Å². The molecule has 1 aromatic heterocycles. The number of halogens is 6. The number of nitrogens with two attached hydrogens (primary N) is 1. The van der Waals surface area contributed by atoms with Crippen molar-refractivity contribution < 1.29 is 35.9 Å². The lowest BCUT2D eigenvalue weighted by Crippen LogP contribution is -2.42. The standard InChI is InChI=1S/C20H21F6N5O2/c1-10(32)29(2)18-16-9-30(3-4-31(16)19(28-18)20(24,25)26)17(33)7-12(27)5-11-6-14(22)15(23)8-13(11)21/h6,8,12H,3-5,7,9,27H2,1-2H3/t12-/m1/s1. The Morgan fingerprint density at radius 2 is 1.79 bits per heavy atom. The van der Waals surface area contributed by atoms with Gasteiger partial charge in [0.2, 0.25) is 17.6 Å². The number of nitrogens with zero attached hydrogens (tertiary/aromatic N) is 4. The maximum Gasteiger partial charge on any atom is 0.449 e. The van der Waals surface area contributed by atoms with Crippen LogP contribution in [0, 0.1) is 17.5 Å². The van der Waals surface area contributed by atoms with Crippen molar-refractivity contribution in [2.45, 2.75) is 45.1 Å². The predicted octanol–water partition coefficient (Wildman–Crippen LogP) is 2.60. The Kier molecular flexibility index (Phi) is 6.73. The van der Waals surface area contributed by atoms with Gasteiger partial charge in [-0.25, -0.2) is 18.2 Å². The topological polar surface area (TPSA) is 84.5 Å². The molecule has 1 atom stereocenters. The normalized spacial score (nSPS) is 14.8. The summed E-state index contributed by atoms with van der Waals surface area (Å²) in [6, 6.07) is 0.0987. The zero-order chi connectivity index (χ0) is 24.7. The van der Waals surface area contributed by atoms with Crippen LogP contribution in [-0.2, 0) is 35.3 Å². The van der Waals surface area contributed by atoms with Gasteiger partial charge in [0.15, 0.2) is 17.5 Å². The first kappa shape index (κ1) is 24.6. The smallest absolute Gasteiger partial charge is 0.335 e. The Bertz CT molecular complexity index is 1080. The van der Waals surface area contributed by atoms with Gasteiger partial charge in [-0.1, -0.05) is 0 Å². The van der Waals surface area contributed by atoms with E-state index in [0.717, 1.165) is 9.47 Å². The van der Waals surface area contributed by atoms with Crippen molar-refractivity contribution >= 4 is 17.6 Å². The van der Waals surface area contributed by atoms with Crippen molar-refractivity contribution in [3.05, 3.63) is 46.7 Å². The van der Waals surface area contributed by atoms with Gasteiger partial charge in [0.05, 0.1) is 12.2 Å². The van der Waals surface area contributed by atoms with Crippen molar-refractivity contribution in [2.24, 2.45) is 5.73 Å². The molecular weight excluding hydrogens is 456 g/mol. The number of hydrogen-bond donors (Lipinski definition) is 1. The van der Waals surface area contributed by atoms with E-state index in [0.29, 0.717) is 12.1 Å². The Morgan fingerprint density at radius 1 is 1.15 bits per heavy atom. The van der Waals surface area contributed by atoms with Crippen LogP contribution in [0.15, 0.2) is 12.1 Å². The molecule has 0 spiro atoms. The molecule has 0 saturated carbocycles. The Hall–Kier alpha value is -3.09. The third kappa shape index (κ3) is 5.13. The fourth-order valence-electron chi connectivity index (χ4n) is 3.63. The molecule has 2 N–H and O–H groups in total. The number of alkyl halides is 3. The number of aromatic nitrogens is 2. The lowest BCUT2D eigenvalue weighted by molar-refractivity contribution is -0.148. The summed E-state index contributed by atoms with van der Waals surface area (Å²) in [6.07, 6.45) is -5.32. The van der Waals surface area contributed by atoms with Gasteiger partial charge in [0.1, 0.15) is 5.82 Å². The quantitative estimate of drug-likeness (QED) is 0.530. The third-order valence-electron chi connectivity index (χ3n) is 5.39. The van der Waals surface area contributed by atoms with E-state index in [4.69, 9.17) is 5.73 Å². The monoisotopic (exact) mass is 477 g/mol. The number of fused-ring (bicyclic) bond motifs is 1. The number of anilines is 1. The van der Waals surface area contributed by atoms with Crippen LogP contribution in [0.4, 0.5) is 32.2 Å². The number of carbonyl (C=O) groups excluding carboxylic acids is 2. The summed E-state index contributed by atoms with van der Waals surface area (Å²) in [6.45, 7) is 0.644. The van der Waals surface area contributed by atoms with Gasteiger partial charge >= 0.3 is 6.18 Å². The van der Waals surface area contributed by atoms with Gasteiger partial charge in [-0.15, -0.1) is 0 Å². The summed E-state index contributed by atoms with van der Waals surface area (Å²) >= 11 is 0. The molecule has 2 aromatic rings. The van der Waals surface area contributed by atoms with Crippen LogP contribution in [0.25, 0.3) is 0 Å². The van der Waals surface area contributed by atoms with E-state index < -0.39 is 47.3 Å². The summed E-state index contributed by atoms with van der Waals surface area (Å²) in [5.74, 6) is -6.05. The lowest BCUT2D eigenvalue weighted by Gasteiger charge is -2.31. The highest BCUT2D eigenvalue weighted by Gasteiger charge is 2.41. The summed E-state index contributed by atoms with van der Waals surface area (Å²) in [7, 11) is 1.28. The highest BCUT2D eigenvalue weighted by Crippen LogP contribution is 2.35. The van der Waals surface area contributed by atoms with Gasteiger partial charge < -0.3 is 15.2 Å². The van der Waals surface area contributed by atoms with E-state index in [-0.39, 0.29) is 49.6 Å². The first-order valence-electron chi connectivity index (χ1n) is 9.87. The molecule has 13 heteroatoms. The Labute approximate surface area is 184 Å². The molecule has 1 aromatic carbocycles. The first-order chi connectivity index (χ1) is 15.3. The summed E-state index contributed by atoms with van der Waals surface area (Å²) < 4.78 is 81.4. The first-order valence-corrected chi connectivity index (χ1v) is 9.87. The molecule has 1 aliphatic heterocycles. The van der Waals surface area contributed by atoms with Gasteiger partial charge in [-0.3, -0.25) is 14.5 Å². The number of carbonyl (C=O) groups is 2. The number of imidazole rings is 1. The highest BCUT2D eigenvalue weighted by molar-refractivity contribution is 5.90. The zero-order valence-electron chi connectivity index (χ0n) is 17.7. The molecule has 2 heterocycles. The van der Waals surface area contributed by atoms with Gasteiger partial charge in [-0.05, 0) is 18.1 Å². The molecule has 33 heavy (non-hydrogen) atoms. The maximum atomic E-state index is 13.8. The predicted molar refractivity (Wildman–Crippen MR) is 104 cm³/mol. The van der Waals surface area contributed by atoms with Crippen molar-refractivity contribution in [2.75, 3.05) is 18.5 Å². The van der Waals surface area contributed by atoms with Gasteiger partial charge in [-0.2, -0.15) is 13.2 Å². The molecule has 0 fully saturated rings. The van der Waals surface area contributed by atoms with Gasteiger partial charge in [0, 0.05) is 45.6 Å². The molecule has 7 nitrogen and oxygen atoms in total. The second kappa shape index (κ2) is 9.04. The van der Waals surface area contributed by atoms with Crippen LogP contribution in [0.1, 0.15) is 30.4 Å². The van der Waals surface area contributed by atoms with E-state index in [1.807, 2.05) is 0 Å². The molecule has 180 valence electrons. The fraction of sp³-hybridized carbons (Fsp3) is 0.450. The molecule has 1 aliphatic rings. The second-order valence-corrected chi connectivity index (χ2v) is 7.77. The highest BCUT2D eigenvalue weighted by atomic mass is 19.4. The molecule has 3 rings (SSSR count). The van der Waals surface area contributed by atoms with Crippen LogP contribution in [0.3, 0.4) is 0 Å². The summed E-state index contributed by atoms with van der Waals surface area (Å²) in [4.78, 5) is 30.2. The number of rotatable bonds is 5. The minimum Gasteiger partial charge on any atom is -0.335 e. The van der Waals surface area contributed by atoms with Crippen LogP contribution >= 0.6 is 0 Å². The second-order valence-electron chi connectivity index (χ2n) is 7.77. The molecule has 0 saturated heterocycles. The van der Waals surface area contributed by atoms with Crippen LogP contribution in [0.5, 0.6) is 0 Å². The van der Waals surface area contributed by atoms with Gasteiger partial charge in [0.25, 0.3) is 0 Å². The third-order valence-corrected chi connectivity index (χ3v) is 5.39. The molecule has 0 bridgehead atoms. The molecular formula is C20H21F6N5O2. The Balaban J connectivity index is 1.77. The van der Waals surface area contributed by atoms with Crippen molar-refractivity contribution in [1.29, 1.82) is 0 Å². The van der Waals surface area contributed by atoms with Crippen LogP contribution in [-0.4, -0.2) is 45.9 Å². The Morgan fingerprint density at radius 3 is 2.39 bits per heavy atom.